The fraction of sp³-hybridized carbons (Fsp3) is 0.238. The second-order valence-electron chi connectivity index (χ2n) is 6.88. The quantitative estimate of drug-likeness (QED) is 0.554. The molecule has 0 aliphatic carbocycles. The van der Waals surface area contributed by atoms with E-state index < -0.39 is 5.82 Å². The lowest BCUT2D eigenvalue weighted by molar-refractivity contribution is 0.386. The molecule has 6 heteroatoms. The first-order chi connectivity index (χ1) is 13.1. The van der Waals surface area contributed by atoms with Crippen LogP contribution in [0.5, 0.6) is 5.75 Å². The molecule has 1 N–H and O–H groups in total. The number of para-hydroxylation sites is 2. The van der Waals surface area contributed by atoms with E-state index in [2.05, 4.69) is 24.1 Å². The minimum absolute atomic E-state index is 0.221. The Morgan fingerprint density at radius 2 is 2.00 bits per heavy atom. The summed E-state index contributed by atoms with van der Waals surface area (Å²) in [5.74, 6) is 1.02. The van der Waals surface area contributed by atoms with E-state index in [1.807, 2.05) is 34.7 Å². The largest absolute Gasteiger partial charge is 0.494 e. The zero-order valence-electron chi connectivity index (χ0n) is 15.5. The van der Waals surface area contributed by atoms with Crippen LogP contribution in [0.15, 0.2) is 48.7 Å². The summed E-state index contributed by atoms with van der Waals surface area (Å²) in [7, 11) is 1.46. The van der Waals surface area contributed by atoms with Gasteiger partial charge >= 0.3 is 0 Å². The third-order valence-electron chi connectivity index (χ3n) is 4.45. The molecule has 2 heterocycles. The molecular formula is C21H21FN4O. The molecule has 5 nitrogen and oxygen atoms in total. The highest BCUT2D eigenvalue weighted by molar-refractivity contribution is 5.86. The Labute approximate surface area is 156 Å². The number of benzene rings is 2. The van der Waals surface area contributed by atoms with Gasteiger partial charge in [0, 0.05) is 12.1 Å². The molecule has 0 spiro atoms. The molecule has 4 aromatic rings. The fourth-order valence-electron chi connectivity index (χ4n) is 3.13. The van der Waals surface area contributed by atoms with Gasteiger partial charge in [-0.25, -0.2) is 14.4 Å². The average Bonchev–Trinajstić information content (AvgIpc) is 3.11. The van der Waals surface area contributed by atoms with Crippen molar-refractivity contribution >= 4 is 22.5 Å². The molecule has 0 saturated heterocycles. The van der Waals surface area contributed by atoms with Crippen molar-refractivity contribution in [1.29, 1.82) is 0 Å². The number of hydrogen-bond donors (Lipinski definition) is 1. The first kappa shape index (κ1) is 17.3. The predicted molar refractivity (Wildman–Crippen MR) is 106 cm³/mol. The molecule has 0 fully saturated rings. The van der Waals surface area contributed by atoms with Crippen molar-refractivity contribution in [2.45, 2.75) is 13.8 Å². The van der Waals surface area contributed by atoms with Gasteiger partial charge in [0.05, 0.1) is 30.0 Å². The maximum absolute atomic E-state index is 14.3. The van der Waals surface area contributed by atoms with E-state index in [9.17, 15) is 4.39 Å². The van der Waals surface area contributed by atoms with Gasteiger partial charge < -0.3 is 10.1 Å². The van der Waals surface area contributed by atoms with Crippen LogP contribution in [0, 0.1) is 11.7 Å². The second kappa shape index (κ2) is 6.87. The predicted octanol–water partition coefficient (Wildman–Crippen LogP) is 4.77. The number of fused-ring (bicyclic) bond motifs is 3. The summed E-state index contributed by atoms with van der Waals surface area (Å²) < 4.78 is 21.3. The Morgan fingerprint density at radius 1 is 1.19 bits per heavy atom. The van der Waals surface area contributed by atoms with Crippen molar-refractivity contribution in [3.8, 4) is 17.0 Å². The van der Waals surface area contributed by atoms with Gasteiger partial charge in [0.2, 0.25) is 0 Å². The highest BCUT2D eigenvalue weighted by Crippen LogP contribution is 2.30. The first-order valence-electron chi connectivity index (χ1n) is 8.92. The molecule has 138 valence electrons. The van der Waals surface area contributed by atoms with Crippen molar-refractivity contribution in [1.82, 2.24) is 14.4 Å². The van der Waals surface area contributed by atoms with Gasteiger partial charge in [-0.2, -0.15) is 0 Å². The van der Waals surface area contributed by atoms with E-state index in [1.165, 1.54) is 13.2 Å². The van der Waals surface area contributed by atoms with E-state index in [0.29, 0.717) is 5.92 Å². The van der Waals surface area contributed by atoms with Crippen LogP contribution in [-0.4, -0.2) is 28.0 Å². The molecule has 4 rings (SSSR count). The van der Waals surface area contributed by atoms with Crippen LogP contribution >= 0.6 is 0 Å². The molecule has 0 aliphatic rings. The smallest absolute Gasteiger partial charge is 0.181 e. The Morgan fingerprint density at radius 3 is 2.74 bits per heavy atom. The van der Waals surface area contributed by atoms with E-state index >= 15 is 0 Å². The van der Waals surface area contributed by atoms with E-state index in [0.717, 1.165) is 40.3 Å². The maximum Gasteiger partial charge on any atom is 0.181 e. The van der Waals surface area contributed by atoms with Crippen molar-refractivity contribution in [3.63, 3.8) is 0 Å². The summed E-state index contributed by atoms with van der Waals surface area (Å²) in [5.41, 5.74) is 4.03. The molecular weight excluding hydrogens is 343 g/mol. The van der Waals surface area contributed by atoms with Gasteiger partial charge in [0.25, 0.3) is 0 Å². The molecule has 2 aromatic carbocycles. The number of anilines is 1. The zero-order valence-corrected chi connectivity index (χ0v) is 15.5. The number of aromatic nitrogens is 3. The van der Waals surface area contributed by atoms with Gasteiger partial charge in [-0.1, -0.05) is 26.0 Å². The molecule has 0 bridgehead atoms. The Bertz CT molecular complexity index is 1120. The molecule has 0 saturated carbocycles. The van der Waals surface area contributed by atoms with Crippen molar-refractivity contribution in [2.75, 3.05) is 19.0 Å². The van der Waals surface area contributed by atoms with E-state index in [4.69, 9.17) is 9.72 Å². The fourth-order valence-corrected chi connectivity index (χ4v) is 3.13. The minimum Gasteiger partial charge on any atom is -0.494 e. The Balaban J connectivity index is 1.96. The van der Waals surface area contributed by atoms with Crippen LogP contribution in [0.1, 0.15) is 13.8 Å². The monoisotopic (exact) mass is 364 g/mol. The number of rotatable bonds is 5. The number of nitrogens with zero attached hydrogens (tertiary/aromatic N) is 3. The Hall–Kier alpha value is -3.15. The number of methoxy groups -OCH3 is 1. The second-order valence-corrected chi connectivity index (χ2v) is 6.88. The molecule has 2 aromatic heterocycles. The van der Waals surface area contributed by atoms with Crippen LogP contribution < -0.4 is 10.1 Å². The molecule has 0 atom stereocenters. The van der Waals surface area contributed by atoms with Gasteiger partial charge in [-0.15, -0.1) is 0 Å². The van der Waals surface area contributed by atoms with Crippen LogP contribution in [-0.2, 0) is 0 Å². The maximum atomic E-state index is 14.3. The van der Waals surface area contributed by atoms with Gasteiger partial charge in [0.1, 0.15) is 0 Å². The van der Waals surface area contributed by atoms with Gasteiger partial charge in [0.15, 0.2) is 23.0 Å². The topological polar surface area (TPSA) is 51.5 Å². The minimum atomic E-state index is -0.401. The summed E-state index contributed by atoms with van der Waals surface area (Å²) in [6, 6.07) is 12.8. The number of imidazole rings is 1. The SMILES string of the molecule is COc1ccc(-c2cnc3c(NCC(C)C)nc4ccccc4n23)cc1F. The molecule has 0 aliphatic heterocycles. The van der Waals surface area contributed by atoms with Crippen LogP contribution in [0.3, 0.4) is 0 Å². The first-order valence-corrected chi connectivity index (χ1v) is 8.92. The van der Waals surface area contributed by atoms with Gasteiger partial charge in [-0.05, 0) is 36.2 Å². The number of halogens is 1. The number of ether oxygens (including phenoxy) is 1. The third kappa shape index (κ3) is 3.07. The summed E-state index contributed by atoms with van der Waals surface area (Å²) in [4.78, 5) is 9.32. The summed E-state index contributed by atoms with van der Waals surface area (Å²) in [6.07, 6.45) is 1.76. The number of nitrogens with one attached hydrogen (secondary N) is 1. The molecule has 0 amide bonds. The Kier molecular flexibility index (Phi) is 4.39. The standard InChI is InChI=1S/C21H21FN4O/c1-13(2)11-23-20-21-24-12-18(14-8-9-19(27-3)15(22)10-14)26(21)17-7-5-4-6-16(17)25-20/h4-10,12-13H,11H2,1-3H3,(H,23,25). The van der Waals surface area contributed by atoms with Crippen molar-refractivity contribution < 1.29 is 9.13 Å². The molecule has 0 radical (unpaired) electrons. The van der Waals surface area contributed by atoms with Crippen LogP contribution in [0.25, 0.3) is 27.9 Å². The average molecular weight is 364 g/mol. The normalized spacial score (nSPS) is 11.4. The lowest BCUT2D eigenvalue weighted by atomic mass is 10.1. The highest BCUT2D eigenvalue weighted by Gasteiger charge is 2.16. The zero-order chi connectivity index (χ0) is 19.0. The van der Waals surface area contributed by atoms with Crippen molar-refractivity contribution in [2.24, 2.45) is 5.92 Å². The molecule has 0 unspecified atom stereocenters. The summed E-state index contributed by atoms with van der Waals surface area (Å²) >= 11 is 0. The van der Waals surface area contributed by atoms with Crippen molar-refractivity contribution in [3.05, 3.63) is 54.5 Å². The van der Waals surface area contributed by atoms with Gasteiger partial charge in [-0.3, -0.25) is 4.40 Å². The van der Waals surface area contributed by atoms with E-state index in [-0.39, 0.29) is 5.75 Å². The van der Waals surface area contributed by atoms with Crippen LogP contribution in [0.4, 0.5) is 10.2 Å². The summed E-state index contributed by atoms with van der Waals surface area (Å²) in [5, 5.41) is 3.39. The lowest BCUT2D eigenvalue weighted by Gasteiger charge is -2.13. The summed E-state index contributed by atoms with van der Waals surface area (Å²) in [6.45, 7) is 5.07. The third-order valence-corrected chi connectivity index (χ3v) is 4.45. The lowest BCUT2D eigenvalue weighted by Crippen LogP contribution is -2.11. The van der Waals surface area contributed by atoms with Crippen LogP contribution in [0.2, 0.25) is 0 Å². The molecule has 27 heavy (non-hydrogen) atoms. The highest BCUT2D eigenvalue weighted by atomic mass is 19.1. The van der Waals surface area contributed by atoms with E-state index in [1.54, 1.807) is 12.3 Å². The number of hydrogen-bond acceptors (Lipinski definition) is 4.